The lowest BCUT2D eigenvalue weighted by molar-refractivity contribution is -0.136. The summed E-state index contributed by atoms with van der Waals surface area (Å²) in [7, 11) is 0. The van der Waals surface area contributed by atoms with Crippen molar-refractivity contribution in [2.45, 2.75) is 13.3 Å². The second-order valence-electron chi connectivity index (χ2n) is 3.02. The fourth-order valence-corrected chi connectivity index (χ4v) is 1.43. The number of carbonyl (C=O) groups excluding carboxylic acids is 1. The molecular formula is C10H10O3S. The van der Waals surface area contributed by atoms with Crippen LogP contribution in [0.5, 0.6) is 0 Å². The molecule has 1 aromatic carbocycles. The average molecular weight is 210 g/mol. The Kier molecular flexibility index (Phi) is 3.30. The molecule has 0 aromatic heterocycles. The number of aryl methyl sites for hydroxylation is 1. The molecule has 0 heterocycles. The zero-order valence-corrected chi connectivity index (χ0v) is 8.54. The van der Waals surface area contributed by atoms with Crippen LogP contribution in [0.3, 0.4) is 0 Å². The largest absolute Gasteiger partial charge is 0.481 e. The quantitative estimate of drug-likeness (QED) is 0.746. The van der Waals surface area contributed by atoms with E-state index in [0.29, 0.717) is 11.1 Å². The van der Waals surface area contributed by atoms with Gasteiger partial charge in [0, 0.05) is 5.56 Å². The normalized spacial score (nSPS) is 9.86. The number of rotatable bonds is 3. The molecule has 1 aromatic rings. The van der Waals surface area contributed by atoms with Crippen molar-refractivity contribution in [2.24, 2.45) is 0 Å². The molecule has 0 spiro atoms. The highest BCUT2D eigenvalue weighted by Crippen LogP contribution is 2.13. The predicted octanol–water partition coefficient (Wildman–Crippen LogP) is 1.69. The van der Waals surface area contributed by atoms with Gasteiger partial charge in [0.15, 0.2) is 0 Å². The zero-order chi connectivity index (χ0) is 10.7. The first-order chi connectivity index (χ1) is 6.50. The summed E-state index contributed by atoms with van der Waals surface area (Å²) in [6, 6.07) is 4.99. The van der Waals surface area contributed by atoms with Gasteiger partial charge < -0.3 is 5.11 Å². The minimum absolute atomic E-state index is 0.0751. The van der Waals surface area contributed by atoms with Crippen LogP contribution >= 0.6 is 12.6 Å². The van der Waals surface area contributed by atoms with Crippen LogP contribution in [0.25, 0.3) is 0 Å². The highest BCUT2D eigenvalue weighted by Gasteiger charge is 2.07. The molecule has 1 N–H and O–H groups in total. The van der Waals surface area contributed by atoms with Gasteiger partial charge >= 0.3 is 5.97 Å². The predicted molar refractivity (Wildman–Crippen MR) is 55.8 cm³/mol. The summed E-state index contributed by atoms with van der Waals surface area (Å²) in [4.78, 5) is 21.5. The summed E-state index contributed by atoms with van der Waals surface area (Å²) in [5, 5.41) is 8.22. The molecule has 0 radical (unpaired) electrons. The second-order valence-corrected chi connectivity index (χ2v) is 3.43. The first-order valence-corrected chi connectivity index (χ1v) is 4.50. The smallest absolute Gasteiger partial charge is 0.307 e. The minimum Gasteiger partial charge on any atom is -0.481 e. The number of carbonyl (C=O) groups is 2. The van der Waals surface area contributed by atoms with Crippen LogP contribution < -0.4 is 0 Å². The fraction of sp³-hybridized carbons (Fsp3) is 0.200. The van der Waals surface area contributed by atoms with Gasteiger partial charge in [0.25, 0.3) is 0 Å². The lowest BCUT2D eigenvalue weighted by Gasteiger charge is -2.03. The van der Waals surface area contributed by atoms with Gasteiger partial charge in [0.2, 0.25) is 5.12 Å². The molecule has 74 valence electrons. The van der Waals surface area contributed by atoms with Crippen LogP contribution in [0, 0.1) is 6.92 Å². The maximum absolute atomic E-state index is 11.0. The number of hydrogen-bond acceptors (Lipinski definition) is 2. The molecule has 4 heteroatoms. The first-order valence-electron chi connectivity index (χ1n) is 4.05. The molecular weight excluding hydrogens is 200 g/mol. The van der Waals surface area contributed by atoms with E-state index >= 15 is 0 Å². The van der Waals surface area contributed by atoms with Crippen LogP contribution in [0.4, 0.5) is 0 Å². The molecule has 0 unspecified atom stereocenters. The van der Waals surface area contributed by atoms with Crippen LogP contribution in [0.1, 0.15) is 21.5 Å². The maximum atomic E-state index is 11.0. The number of benzene rings is 1. The molecule has 0 aliphatic heterocycles. The van der Waals surface area contributed by atoms with E-state index in [4.69, 9.17) is 5.11 Å². The van der Waals surface area contributed by atoms with Crippen molar-refractivity contribution in [2.75, 3.05) is 0 Å². The third kappa shape index (κ3) is 2.60. The van der Waals surface area contributed by atoms with E-state index in [9.17, 15) is 9.59 Å². The number of carboxylic acids is 1. The maximum Gasteiger partial charge on any atom is 0.307 e. The van der Waals surface area contributed by atoms with Gasteiger partial charge in [-0.2, -0.15) is 0 Å². The van der Waals surface area contributed by atoms with Crippen molar-refractivity contribution in [1.82, 2.24) is 0 Å². The standard InChI is InChI=1S/C10H10O3S/c1-6-2-3-7(5-9(11)12)4-8(6)10(13)14/h2-4H,5H2,1H3,(H,11,12)(H,13,14). The third-order valence-electron chi connectivity index (χ3n) is 1.89. The van der Waals surface area contributed by atoms with Gasteiger partial charge in [-0.1, -0.05) is 12.1 Å². The Bertz CT molecular complexity index is 385. The summed E-state index contributed by atoms with van der Waals surface area (Å²) >= 11 is 3.71. The highest BCUT2D eigenvalue weighted by atomic mass is 32.1. The Labute approximate surface area is 87.2 Å². The molecule has 0 saturated carbocycles. The van der Waals surface area contributed by atoms with Gasteiger partial charge in [-0.3, -0.25) is 9.59 Å². The van der Waals surface area contributed by atoms with Crippen LogP contribution in [0.2, 0.25) is 0 Å². The summed E-state index contributed by atoms with van der Waals surface area (Å²) in [5.41, 5.74) is 1.88. The minimum atomic E-state index is -0.911. The number of aliphatic carboxylic acids is 1. The van der Waals surface area contributed by atoms with Gasteiger partial charge in [-0.25, -0.2) is 0 Å². The van der Waals surface area contributed by atoms with Crippen LogP contribution in [-0.4, -0.2) is 16.2 Å². The number of carboxylic acid groups (broad SMARTS) is 1. The van der Waals surface area contributed by atoms with E-state index in [1.165, 1.54) is 0 Å². The van der Waals surface area contributed by atoms with E-state index in [-0.39, 0.29) is 11.5 Å². The van der Waals surface area contributed by atoms with Crippen molar-refractivity contribution in [3.8, 4) is 0 Å². The second kappa shape index (κ2) is 4.28. The molecule has 0 saturated heterocycles. The lowest BCUT2D eigenvalue weighted by atomic mass is 10.0. The van der Waals surface area contributed by atoms with Crippen molar-refractivity contribution in [1.29, 1.82) is 0 Å². The SMILES string of the molecule is Cc1ccc(CC(=O)O)cc1C(=O)S. The summed E-state index contributed by atoms with van der Waals surface area (Å²) < 4.78 is 0. The summed E-state index contributed by atoms with van der Waals surface area (Å²) in [5.74, 6) is -0.911. The molecule has 0 fully saturated rings. The monoisotopic (exact) mass is 210 g/mol. The molecule has 0 atom stereocenters. The molecule has 1 rings (SSSR count). The Balaban J connectivity index is 3.06. The molecule has 0 amide bonds. The van der Waals surface area contributed by atoms with Gasteiger partial charge in [0.1, 0.15) is 0 Å². The first kappa shape index (κ1) is 10.8. The summed E-state index contributed by atoms with van der Waals surface area (Å²) in [6.45, 7) is 1.79. The summed E-state index contributed by atoms with van der Waals surface area (Å²) in [6.07, 6.45) is -0.0751. The average Bonchev–Trinajstić information content (AvgIpc) is 2.07. The van der Waals surface area contributed by atoms with E-state index in [1.54, 1.807) is 25.1 Å². The molecule has 3 nitrogen and oxygen atoms in total. The Morgan fingerprint density at radius 1 is 1.43 bits per heavy atom. The van der Waals surface area contributed by atoms with Gasteiger partial charge in [0.05, 0.1) is 6.42 Å². The molecule has 0 bridgehead atoms. The van der Waals surface area contributed by atoms with Gasteiger partial charge in [-0.15, -0.1) is 12.6 Å². The third-order valence-corrected chi connectivity index (χ3v) is 2.13. The Hall–Kier alpha value is -1.29. The lowest BCUT2D eigenvalue weighted by Crippen LogP contribution is -2.02. The fourth-order valence-electron chi connectivity index (χ4n) is 1.18. The molecule has 0 aliphatic carbocycles. The van der Waals surface area contributed by atoms with E-state index in [1.807, 2.05) is 0 Å². The highest BCUT2D eigenvalue weighted by molar-refractivity contribution is 7.97. The van der Waals surface area contributed by atoms with Crippen molar-refractivity contribution < 1.29 is 14.7 Å². The Morgan fingerprint density at radius 2 is 2.07 bits per heavy atom. The van der Waals surface area contributed by atoms with Crippen LogP contribution in [-0.2, 0) is 11.2 Å². The van der Waals surface area contributed by atoms with E-state index in [0.717, 1.165) is 5.56 Å². The van der Waals surface area contributed by atoms with E-state index < -0.39 is 5.97 Å². The number of hydrogen-bond donors (Lipinski definition) is 2. The zero-order valence-electron chi connectivity index (χ0n) is 7.65. The molecule has 0 aliphatic rings. The van der Waals surface area contributed by atoms with E-state index in [2.05, 4.69) is 12.6 Å². The van der Waals surface area contributed by atoms with Crippen molar-refractivity contribution >= 4 is 23.7 Å². The van der Waals surface area contributed by atoms with Gasteiger partial charge in [-0.05, 0) is 24.1 Å². The number of thiol groups is 1. The Morgan fingerprint density at radius 3 is 2.57 bits per heavy atom. The van der Waals surface area contributed by atoms with Crippen LogP contribution in [0.15, 0.2) is 18.2 Å². The topological polar surface area (TPSA) is 54.4 Å². The molecule has 14 heavy (non-hydrogen) atoms. The van der Waals surface area contributed by atoms with Crippen molar-refractivity contribution in [3.05, 3.63) is 34.9 Å². The van der Waals surface area contributed by atoms with Crippen molar-refractivity contribution in [3.63, 3.8) is 0 Å².